The molecule has 1 aliphatic rings. The first kappa shape index (κ1) is 23.0. The number of aryl methyl sites for hydroxylation is 1. The van der Waals surface area contributed by atoms with Crippen LogP contribution >= 0.6 is 11.6 Å². The molecular weight excluding hydrogens is 462 g/mol. The van der Waals surface area contributed by atoms with E-state index in [1.54, 1.807) is 43.3 Å². The largest absolute Gasteiger partial charge is 0.455 e. The van der Waals surface area contributed by atoms with Crippen LogP contribution in [0, 0.1) is 17.0 Å². The third kappa shape index (κ3) is 4.91. The molecule has 0 bridgehead atoms. The number of furan rings is 1. The lowest BCUT2D eigenvalue weighted by molar-refractivity contribution is -0.384. The molecular formula is C23H20ClN5O5. The molecule has 0 saturated carbocycles. The first-order valence-corrected chi connectivity index (χ1v) is 10.8. The van der Waals surface area contributed by atoms with Crippen molar-refractivity contribution in [1.82, 2.24) is 10.9 Å². The number of anilines is 1. The number of hydrazone groups is 1. The number of nitro benzene ring substituents is 1. The third-order valence-electron chi connectivity index (χ3n) is 5.33. The summed E-state index contributed by atoms with van der Waals surface area (Å²) in [5.74, 6) is -0.348. The number of rotatable bonds is 5. The number of carbonyl (C=O) groups excluding carboxylic acids is 2. The molecule has 1 heterocycles. The van der Waals surface area contributed by atoms with Gasteiger partial charge in [0.2, 0.25) is 0 Å². The molecule has 11 heteroatoms. The van der Waals surface area contributed by atoms with Crippen molar-refractivity contribution < 1.29 is 18.9 Å². The van der Waals surface area contributed by atoms with Crippen molar-refractivity contribution in [2.75, 3.05) is 5.43 Å². The zero-order valence-corrected chi connectivity index (χ0v) is 18.8. The lowest BCUT2D eigenvalue weighted by Crippen LogP contribution is -2.41. The maximum Gasteiger partial charge on any atom is 0.305 e. The van der Waals surface area contributed by atoms with E-state index in [1.165, 1.54) is 12.1 Å². The number of halogens is 1. The van der Waals surface area contributed by atoms with Gasteiger partial charge in [0.15, 0.2) is 5.76 Å². The van der Waals surface area contributed by atoms with Crippen molar-refractivity contribution in [2.45, 2.75) is 26.2 Å². The third-order valence-corrected chi connectivity index (χ3v) is 5.58. The highest BCUT2D eigenvalue weighted by atomic mass is 35.5. The van der Waals surface area contributed by atoms with Gasteiger partial charge in [0, 0.05) is 40.3 Å². The van der Waals surface area contributed by atoms with Crippen LogP contribution in [0.25, 0.3) is 0 Å². The van der Waals surface area contributed by atoms with Gasteiger partial charge in [0.05, 0.1) is 16.3 Å². The smallest absolute Gasteiger partial charge is 0.305 e. The van der Waals surface area contributed by atoms with E-state index < -0.39 is 16.7 Å². The van der Waals surface area contributed by atoms with Crippen LogP contribution in [-0.2, 0) is 6.42 Å². The predicted molar refractivity (Wildman–Crippen MR) is 126 cm³/mol. The van der Waals surface area contributed by atoms with Crippen molar-refractivity contribution in [3.63, 3.8) is 0 Å². The Morgan fingerprint density at radius 3 is 2.38 bits per heavy atom. The van der Waals surface area contributed by atoms with Crippen molar-refractivity contribution in [2.24, 2.45) is 5.10 Å². The molecule has 1 aromatic heterocycles. The molecule has 10 nitrogen and oxygen atoms in total. The van der Waals surface area contributed by atoms with Gasteiger partial charge >= 0.3 is 5.91 Å². The van der Waals surface area contributed by atoms with Gasteiger partial charge in [-0.3, -0.25) is 36.0 Å². The normalized spacial score (nSPS) is 13.8. The second-order valence-electron chi connectivity index (χ2n) is 7.60. The first-order valence-electron chi connectivity index (χ1n) is 10.4. The van der Waals surface area contributed by atoms with Gasteiger partial charge in [0.25, 0.3) is 11.6 Å². The number of fused-ring (bicyclic) bond motifs is 1. The Hall–Kier alpha value is -4.18. The Kier molecular flexibility index (Phi) is 6.60. The highest BCUT2D eigenvalue weighted by Crippen LogP contribution is 2.30. The molecule has 0 atom stereocenters. The molecule has 174 valence electrons. The standard InChI is InChI=1S/C23H20ClN5O5/c1-13-20-18(26-25-16-9-11-17(12-10-16)29(32)33)3-2-4-19(20)34-21(13)23(31)28-27-22(30)14-5-7-15(24)8-6-14/h5-12,25H,2-4H2,1H3,(H,27,30)(H,28,31)/b26-18+. The number of nitrogens with one attached hydrogen (secondary N) is 3. The minimum Gasteiger partial charge on any atom is -0.455 e. The number of hydrogen-bond donors (Lipinski definition) is 3. The molecule has 34 heavy (non-hydrogen) atoms. The number of amides is 2. The van der Waals surface area contributed by atoms with E-state index in [1.807, 2.05) is 0 Å². The predicted octanol–water partition coefficient (Wildman–Crippen LogP) is 4.38. The zero-order valence-electron chi connectivity index (χ0n) is 18.1. The van der Waals surface area contributed by atoms with E-state index in [0.29, 0.717) is 46.2 Å². The molecule has 1 aliphatic carbocycles. The molecule has 3 N–H and O–H groups in total. The Morgan fingerprint density at radius 2 is 1.71 bits per heavy atom. The van der Waals surface area contributed by atoms with Crippen LogP contribution in [0.2, 0.25) is 5.02 Å². The van der Waals surface area contributed by atoms with E-state index >= 15 is 0 Å². The van der Waals surface area contributed by atoms with Gasteiger partial charge in [-0.05, 0) is 56.2 Å². The van der Waals surface area contributed by atoms with E-state index in [4.69, 9.17) is 16.0 Å². The summed E-state index contributed by atoms with van der Waals surface area (Å²) in [4.78, 5) is 35.3. The van der Waals surface area contributed by atoms with Gasteiger partial charge in [-0.1, -0.05) is 11.6 Å². The van der Waals surface area contributed by atoms with Crippen molar-refractivity contribution >= 4 is 40.5 Å². The van der Waals surface area contributed by atoms with Gasteiger partial charge < -0.3 is 4.42 Å². The molecule has 0 spiro atoms. The van der Waals surface area contributed by atoms with Crippen LogP contribution in [0.4, 0.5) is 11.4 Å². The van der Waals surface area contributed by atoms with E-state index in [0.717, 1.165) is 12.0 Å². The highest BCUT2D eigenvalue weighted by molar-refractivity contribution is 6.30. The second-order valence-corrected chi connectivity index (χ2v) is 8.03. The summed E-state index contributed by atoms with van der Waals surface area (Å²) in [6.07, 6.45) is 2.11. The molecule has 2 aromatic carbocycles. The fraction of sp³-hybridized carbons (Fsp3) is 0.174. The number of benzene rings is 2. The monoisotopic (exact) mass is 481 g/mol. The molecule has 0 saturated heterocycles. The average molecular weight is 482 g/mol. The van der Waals surface area contributed by atoms with Crippen LogP contribution in [0.5, 0.6) is 0 Å². The minimum absolute atomic E-state index is 0.0114. The van der Waals surface area contributed by atoms with Crippen LogP contribution < -0.4 is 16.3 Å². The summed E-state index contributed by atoms with van der Waals surface area (Å²) in [5.41, 5.74) is 10.6. The molecule has 4 rings (SSSR count). The summed E-state index contributed by atoms with van der Waals surface area (Å²) in [6.45, 7) is 1.75. The number of nitro groups is 1. The Labute approximate surface area is 199 Å². The number of hydrogen-bond acceptors (Lipinski definition) is 7. The maximum atomic E-state index is 12.7. The number of non-ortho nitro benzene ring substituents is 1. The summed E-state index contributed by atoms with van der Waals surface area (Å²) < 4.78 is 5.81. The number of hydrazine groups is 1. The van der Waals surface area contributed by atoms with Crippen molar-refractivity contribution in [3.8, 4) is 0 Å². The molecule has 0 fully saturated rings. The number of carbonyl (C=O) groups is 2. The Morgan fingerprint density at radius 1 is 1.03 bits per heavy atom. The van der Waals surface area contributed by atoms with Crippen LogP contribution in [0.1, 0.15) is 50.6 Å². The number of nitrogens with zero attached hydrogens (tertiary/aromatic N) is 2. The van der Waals surface area contributed by atoms with Crippen molar-refractivity contribution in [3.05, 3.63) is 91.9 Å². The summed E-state index contributed by atoms with van der Waals surface area (Å²) in [5, 5.41) is 15.8. The lowest BCUT2D eigenvalue weighted by Gasteiger charge is -2.13. The molecule has 2 amide bonds. The van der Waals surface area contributed by atoms with Gasteiger partial charge in [-0.2, -0.15) is 5.10 Å². The lowest BCUT2D eigenvalue weighted by atomic mass is 9.93. The first-order chi connectivity index (χ1) is 16.3. The molecule has 0 radical (unpaired) electrons. The van der Waals surface area contributed by atoms with E-state index in [2.05, 4.69) is 21.4 Å². The fourth-order valence-electron chi connectivity index (χ4n) is 3.63. The van der Waals surface area contributed by atoms with Crippen LogP contribution in [-0.4, -0.2) is 22.4 Å². The fourth-order valence-corrected chi connectivity index (χ4v) is 3.76. The van der Waals surface area contributed by atoms with Gasteiger partial charge in [-0.25, -0.2) is 0 Å². The van der Waals surface area contributed by atoms with E-state index in [9.17, 15) is 19.7 Å². The van der Waals surface area contributed by atoms with Crippen LogP contribution in [0.15, 0.2) is 58.0 Å². The zero-order chi connectivity index (χ0) is 24.2. The quantitative estimate of drug-likeness (QED) is 0.365. The summed E-state index contributed by atoms with van der Waals surface area (Å²) >= 11 is 5.83. The SMILES string of the molecule is Cc1c(C(=O)NNC(=O)c2ccc(Cl)cc2)oc2c1/C(=N/Nc1ccc([N+](=O)[O-])cc1)CCC2. The molecule has 0 aliphatic heterocycles. The maximum absolute atomic E-state index is 12.7. The van der Waals surface area contributed by atoms with Crippen molar-refractivity contribution in [1.29, 1.82) is 0 Å². The van der Waals surface area contributed by atoms with Gasteiger partial charge in [-0.15, -0.1) is 0 Å². The van der Waals surface area contributed by atoms with Gasteiger partial charge in [0.1, 0.15) is 5.76 Å². The summed E-state index contributed by atoms with van der Waals surface area (Å²) in [7, 11) is 0. The topological polar surface area (TPSA) is 139 Å². The highest BCUT2D eigenvalue weighted by Gasteiger charge is 2.28. The Bertz CT molecular complexity index is 1280. The van der Waals surface area contributed by atoms with Crippen LogP contribution in [0.3, 0.4) is 0 Å². The average Bonchev–Trinajstić information content (AvgIpc) is 3.18. The second kappa shape index (κ2) is 9.75. The summed E-state index contributed by atoms with van der Waals surface area (Å²) in [6, 6.07) is 12.1. The Balaban J connectivity index is 1.47. The van der Waals surface area contributed by atoms with E-state index in [-0.39, 0.29) is 11.4 Å². The minimum atomic E-state index is -0.586. The molecule has 3 aromatic rings. The molecule has 0 unspecified atom stereocenters.